The van der Waals surface area contributed by atoms with Gasteiger partial charge in [-0.25, -0.2) is 9.37 Å². The fourth-order valence-electron chi connectivity index (χ4n) is 2.99. The lowest BCUT2D eigenvalue weighted by Crippen LogP contribution is -2.12. The van der Waals surface area contributed by atoms with Crippen LogP contribution in [0, 0.1) is 5.82 Å². The molecule has 1 aromatic heterocycles. The number of hydrogen-bond donors (Lipinski definition) is 1. The molecule has 0 bridgehead atoms. The molecule has 31 heavy (non-hydrogen) atoms. The standard InChI is InChI=1S/C24H17FN2O3S/c1-30-21-12-11-18(13-19(21)25)20-14-31-24(26-20)27-23(29)17-9-7-16(8-10-17)22(28)15-5-3-2-4-6-15/h2-14H,1H3,(H,26,27,29). The lowest BCUT2D eigenvalue weighted by atomic mass is 10.0. The first-order chi connectivity index (χ1) is 15.0. The minimum Gasteiger partial charge on any atom is -0.494 e. The second-order valence-electron chi connectivity index (χ2n) is 6.61. The highest BCUT2D eigenvalue weighted by Gasteiger charge is 2.13. The molecule has 0 saturated carbocycles. The van der Waals surface area contributed by atoms with Gasteiger partial charge in [0.05, 0.1) is 12.8 Å². The molecule has 4 aromatic rings. The van der Waals surface area contributed by atoms with Gasteiger partial charge in [0.25, 0.3) is 5.91 Å². The maximum atomic E-state index is 13.9. The van der Waals surface area contributed by atoms with E-state index in [1.165, 1.54) is 30.6 Å². The molecule has 154 valence electrons. The molecule has 1 amide bonds. The molecule has 0 fully saturated rings. The number of aromatic nitrogens is 1. The minimum absolute atomic E-state index is 0.108. The number of halogens is 1. The summed E-state index contributed by atoms with van der Waals surface area (Å²) in [7, 11) is 1.40. The van der Waals surface area contributed by atoms with E-state index in [1.54, 1.807) is 60.0 Å². The average Bonchev–Trinajstić information content (AvgIpc) is 3.27. The lowest BCUT2D eigenvalue weighted by Gasteiger charge is -2.05. The zero-order valence-corrected chi connectivity index (χ0v) is 17.3. The molecule has 0 spiro atoms. The molecule has 1 heterocycles. The van der Waals surface area contributed by atoms with Gasteiger partial charge in [-0.1, -0.05) is 42.5 Å². The van der Waals surface area contributed by atoms with Crippen molar-refractivity contribution in [2.75, 3.05) is 12.4 Å². The van der Waals surface area contributed by atoms with Crippen LogP contribution in [-0.4, -0.2) is 23.8 Å². The molecule has 5 nitrogen and oxygen atoms in total. The molecular formula is C24H17FN2O3S. The molecule has 0 saturated heterocycles. The zero-order valence-electron chi connectivity index (χ0n) is 16.5. The van der Waals surface area contributed by atoms with Gasteiger partial charge in [-0.2, -0.15) is 0 Å². The summed E-state index contributed by atoms with van der Waals surface area (Å²) in [6.07, 6.45) is 0. The van der Waals surface area contributed by atoms with Crippen LogP contribution in [0.4, 0.5) is 9.52 Å². The fraction of sp³-hybridized carbons (Fsp3) is 0.0417. The van der Waals surface area contributed by atoms with Gasteiger partial charge in [-0.05, 0) is 30.3 Å². The van der Waals surface area contributed by atoms with Crippen LogP contribution in [0.1, 0.15) is 26.3 Å². The molecule has 0 unspecified atom stereocenters. The minimum atomic E-state index is -0.483. The van der Waals surface area contributed by atoms with Crippen molar-refractivity contribution in [2.45, 2.75) is 0 Å². The van der Waals surface area contributed by atoms with E-state index in [0.29, 0.717) is 33.1 Å². The molecule has 4 rings (SSSR count). The third-order valence-electron chi connectivity index (χ3n) is 4.62. The number of rotatable bonds is 6. The molecule has 7 heteroatoms. The van der Waals surface area contributed by atoms with Gasteiger partial charge in [0, 0.05) is 27.6 Å². The number of ketones is 1. The van der Waals surface area contributed by atoms with Gasteiger partial charge in [-0.15, -0.1) is 11.3 Å². The van der Waals surface area contributed by atoms with Gasteiger partial charge in [0.1, 0.15) is 0 Å². The van der Waals surface area contributed by atoms with Crippen molar-refractivity contribution >= 4 is 28.2 Å². The number of carbonyl (C=O) groups excluding carboxylic acids is 2. The van der Waals surface area contributed by atoms with E-state index >= 15 is 0 Å². The molecule has 1 N–H and O–H groups in total. The topological polar surface area (TPSA) is 68.3 Å². The monoisotopic (exact) mass is 432 g/mol. The van der Waals surface area contributed by atoms with Crippen LogP contribution in [0.15, 0.2) is 78.2 Å². The maximum Gasteiger partial charge on any atom is 0.257 e. The average molecular weight is 432 g/mol. The number of hydrogen-bond acceptors (Lipinski definition) is 5. The van der Waals surface area contributed by atoms with Crippen LogP contribution in [-0.2, 0) is 0 Å². The second kappa shape index (κ2) is 8.89. The van der Waals surface area contributed by atoms with Crippen LogP contribution in [0.5, 0.6) is 5.75 Å². The van der Waals surface area contributed by atoms with Crippen molar-refractivity contribution in [1.29, 1.82) is 0 Å². The molecule has 0 aliphatic rings. The summed E-state index contributed by atoms with van der Waals surface area (Å²) in [6.45, 7) is 0. The quantitative estimate of drug-likeness (QED) is 0.412. The van der Waals surface area contributed by atoms with E-state index in [9.17, 15) is 14.0 Å². The van der Waals surface area contributed by atoms with Crippen molar-refractivity contribution in [2.24, 2.45) is 0 Å². The Kier molecular flexibility index (Phi) is 5.86. The number of anilines is 1. The summed E-state index contributed by atoms with van der Waals surface area (Å²) in [6, 6.07) is 19.9. The first-order valence-electron chi connectivity index (χ1n) is 9.36. The van der Waals surface area contributed by atoms with Crippen LogP contribution in [0.3, 0.4) is 0 Å². The highest BCUT2D eigenvalue weighted by atomic mass is 32.1. The third kappa shape index (κ3) is 4.51. The zero-order chi connectivity index (χ0) is 21.8. The van der Waals surface area contributed by atoms with Crippen molar-refractivity contribution in [1.82, 2.24) is 4.98 Å². The van der Waals surface area contributed by atoms with E-state index in [2.05, 4.69) is 10.3 Å². The molecule has 3 aromatic carbocycles. The molecular weight excluding hydrogens is 415 g/mol. The van der Waals surface area contributed by atoms with Crippen LogP contribution in [0.25, 0.3) is 11.3 Å². The van der Waals surface area contributed by atoms with E-state index in [0.717, 1.165) is 0 Å². The highest BCUT2D eigenvalue weighted by molar-refractivity contribution is 7.14. The predicted octanol–water partition coefficient (Wildman–Crippen LogP) is 5.44. The maximum absolute atomic E-state index is 13.9. The summed E-state index contributed by atoms with van der Waals surface area (Å²) < 4.78 is 18.8. The number of methoxy groups -OCH3 is 1. The Morgan fingerprint density at radius 3 is 2.29 bits per heavy atom. The number of amides is 1. The number of thiazole rings is 1. The van der Waals surface area contributed by atoms with Gasteiger partial charge in [0.15, 0.2) is 22.5 Å². The Bertz CT molecular complexity index is 1240. The number of carbonyl (C=O) groups is 2. The van der Waals surface area contributed by atoms with Gasteiger partial charge < -0.3 is 4.74 Å². The first kappa shape index (κ1) is 20.4. The summed E-state index contributed by atoms with van der Waals surface area (Å²) in [5, 5.41) is 4.86. The van der Waals surface area contributed by atoms with E-state index in [4.69, 9.17) is 4.74 Å². The van der Waals surface area contributed by atoms with Gasteiger partial charge in [-0.3, -0.25) is 14.9 Å². The van der Waals surface area contributed by atoms with Gasteiger partial charge >= 0.3 is 0 Å². The Morgan fingerprint density at radius 1 is 0.935 bits per heavy atom. The highest BCUT2D eigenvalue weighted by Crippen LogP contribution is 2.28. The number of nitrogens with zero attached hydrogens (tertiary/aromatic N) is 1. The smallest absolute Gasteiger partial charge is 0.257 e. The summed E-state index contributed by atoms with van der Waals surface area (Å²) >= 11 is 1.24. The Balaban J connectivity index is 1.45. The van der Waals surface area contributed by atoms with E-state index in [1.807, 2.05) is 6.07 Å². The molecule has 0 atom stereocenters. The second-order valence-corrected chi connectivity index (χ2v) is 7.47. The normalized spacial score (nSPS) is 10.5. The predicted molar refractivity (Wildman–Crippen MR) is 118 cm³/mol. The first-order valence-corrected chi connectivity index (χ1v) is 10.2. The largest absolute Gasteiger partial charge is 0.494 e. The lowest BCUT2D eigenvalue weighted by molar-refractivity contribution is 0.102. The van der Waals surface area contributed by atoms with Crippen LogP contribution in [0.2, 0.25) is 0 Å². The molecule has 0 aliphatic heterocycles. The van der Waals surface area contributed by atoms with E-state index < -0.39 is 5.82 Å². The number of benzene rings is 3. The summed E-state index contributed by atoms with van der Waals surface area (Å²) in [4.78, 5) is 29.4. The van der Waals surface area contributed by atoms with Crippen molar-refractivity contribution in [3.63, 3.8) is 0 Å². The van der Waals surface area contributed by atoms with Crippen molar-refractivity contribution in [3.8, 4) is 17.0 Å². The van der Waals surface area contributed by atoms with Crippen LogP contribution < -0.4 is 10.1 Å². The SMILES string of the molecule is COc1ccc(-c2csc(NC(=O)c3ccc(C(=O)c4ccccc4)cc3)n2)cc1F. The van der Waals surface area contributed by atoms with Crippen molar-refractivity contribution < 1.29 is 18.7 Å². The Hall–Kier alpha value is -3.84. The summed E-state index contributed by atoms with van der Waals surface area (Å²) in [5.41, 5.74) is 2.62. The Labute approximate surface area is 182 Å². The summed E-state index contributed by atoms with van der Waals surface area (Å²) in [5.74, 6) is -0.783. The van der Waals surface area contributed by atoms with Crippen LogP contribution >= 0.6 is 11.3 Å². The number of ether oxygens (including phenoxy) is 1. The van der Waals surface area contributed by atoms with E-state index in [-0.39, 0.29) is 17.4 Å². The molecule has 0 aliphatic carbocycles. The van der Waals surface area contributed by atoms with Gasteiger partial charge in [0.2, 0.25) is 0 Å². The Morgan fingerprint density at radius 2 is 1.61 bits per heavy atom. The van der Waals surface area contributed by atoms with Crippen molar-refractivity contribution in [3.05, 3.63) is 101 Å². The fourth-order valence-corrected chi connectivity index (χ4v) is 3.70. The third-order valence-corrected chi connectivity index (χ3v) is 5.38. The molecule has 0 radical (unpaired) electrons. The number of nitrogens with one attached hydrogen (secondary N) is 1.